The van der Waals surface area contributed by atoms with Crippen molar-refractivity contribution in [3.63, 3.8) is 0 Å². The number of benzene rings is 2. The molecule has 3 heterocycles. The molecule has 3 aromatic heterocycles. The first kappa shape index (κ1) is 18.0. The van der Waals surface area contributed by atoms with Crippen LogP contribution in [0.3, 0.4) is 0 Å². The summed E-state index contributed by atoms with van der Waals surface area (Å²) in [5.74, 6) is 0. The molecule has 0 bridgehead atoms. The Morgan fingerprint density at radius 2 is 1.69 bits per heavy atom. The number of fused-ring (bicyclic) bond motifs is 2. The van der Waals surface area contributed by atoms with Crippen molar-refractivity contribution in [3.8, 4) is 22.4 Å². The summed E-state index contributed by atoms with van der Waals surface area (Å²) in [5.41, 5.74) is 6.02. The van der Waals surface area contributed by atoms with Gasteiger partial charge < -0.3 is 0 Å². The van der Waals surface area contributed by atoms with Crippen molar-refractivity contribution in [2.24, 2.45) is 0 Å². The molecule has 0 fully saturated rings. The Labute approximate surface area is 174 Å². The van der Waals surface area contributed by atoms with E-state index in [2.05, 4.69) is 85.7 Å². The van der Waals surface area contributed by atoms with Gasteiger partial charge in [-0.05, 0) is 63.0 Å². The molecule has 3 heteroatoms. The summed E-state index contributed by atoms with van der Waals surface area (Å²) >= 11 is 1.74. The van der Waals surface area contributed by atoms with E-state index in [-0.39, 0.29) is 5.41 Å². The predicted molar refractivity (Wildman–Crippen MR) is 124 cm³/mol. The molecule has 0 aliphatic rings. The summed E-state index contributed by atoms with van der Waals surface area (Å²) < 4.78 is 1.21. The van der Waals surface area contributed by atoms with E-state index in [1.54, 1.807) is 11.3 Å². The Balaban J connectivity index is 1.69. The van der Waals surface area contributed by atoms with Crippen LogP contribution in [0.1, 0.15) is 26.3 Å². The highest BCUT2D eigenvalue weighted by atomic mass is 32.1. The van der Waals surface area contributed by atoms with E-state index in [9.17, 15) is 0 Å². The maximum Gasteiger partial charge on any atom is 0.0708 e. The molecule has 0 aliphatic carbocycles. The fourth-order valence-corrected chi connectivity index (χ4v) is 4.88. The van der Waals surface area contributed by atoms with Crippen LogP contribution in [0.15, 0.2) is 78.6 Å². The molecule has 0 spiro atoms. The first-order valence-electron chi connectivity index (χ1n) is 9.82. The zero-order chi connectivity index (χ0) is 20.0. The molecule has 0 saturated heterocycles. The van der Waals surface area contributed by atoms with Gasteiger partial charge in [0.05, 0.1) is 10.4 Å². The molecule has 142 valence electrons. The van der Waals surface area contributed by atoms with E-state index in [0.29, 0.717) is 0 Å². The monoisotopic (exact) mass is 394 g/mol. The molecule has 0 atom stereocenters. The highest BCUT2D eigenvalue weighted by Gasteiger charge is 2.19. The summed E-state index contributed by atoms with van der Waals surface area (Å²) in [6.45, 7) is 6.82. The molecule has 5 aromatic rings. The molecule has 2 nitrogen and oxygen atoms in total. The van der Waals surface area contributed by atoms with Crippen LogP contribution in [0.2, 0.25) is 0 Å². The molecular weight excluding hydrogens is 372 g/mol. The van der Waals surface area contributed by atoms with Crippen molar-refractivity contribution in [2.75, 3.05) is 0 Å². The van der Waals surface area contributed by atoms with Gasteiger partial charge in [0.2, 0.25) is 0 Å². The van der Waals surface area contributed by atoms with E-state index in [4.69, 9.17) is 4.98 Å². The molecule has 0 saturated carbocycles. The largest absolute Gasteiger partial charge is 0.263 e. The fourth-order valence-electron chi connectivity index (χ4n) is 3.94. The molecular formula is C26H22N2S. The summed E-state index contributed by atoms with van der Waals surface area (Å²) in [6.07, 6.45) is 5.71. The number of hydrogen-bond donors (Lipinski definition) is 0. The summed E-state index contributed by atoms with van der Waals surface area (Å²) in [7, 11) is 0. The standard InChI is InChI=1S/C26H22N2S/c1-26(2,3)23-13-19(12-17-6-4-5-7-20(17)23)24-14-18(8-11-28-24)22-16-29-25-15-27-10-9-21(22)25/h4-16H,1-3H3. The Morgan fingerprint density at radius 1 is 0.828 bits per heavy atom. The summed E-state index contributed by atoms with van der Waals surface area (Å²) in [4.78, 5) is 8.97. The van der Waals surface area contributed by atoms with E-state index in [0.717, 1.165) is 11.3 Å². The van der Waals surface area contributed by atoms with E-state index in [1.165, 1.54) is 37.5 Å². The van der Waals surface area contributed by atoms with Gasteiger partial charge in [0, 0.05) is 35.1 Å². The van der Waals surface area contributed by atoms with Gasteiger partial charge in [-0.15, -0.1) is 11.3 Å². The SMILES string of the molecule is CC(C)(C)c1cc(-c2cc(-c3csc4cnccc34)ccn2)cc2ccccc12. The predicted octanol–water partition coefficient (Wildman–Crippen LogP) is 7.48. The van der Waals surface area contributed by atoms with Crippen LogP contribution in [0.5, 0.6) is 0 Å². The number of hydrogen-bond acceptors (Lipinski definition) is 3. The van der Waals surface area contributed by atoms with E-state index >= 15 is 0 Å². The smallest absolute Gasteiger partial charge is 0.0708 e. The minimum atomic E-state index is 0.0593. The van der Waals surface area contributed by atoms with Gasteiger partial charge >= 0.3 is 0 Å². The zero-order valence-corrected chi connectivity index (χ0v) is 17.6. The zero-order valence-electron chi connectivity index (χ0n) is 16.8. The highest BCUT2D eigenvalue weighted by molar-refractivity contribution is 7.17. The average Bonchev–Trinajstić information content (AvgIpc) is 3.16. The number of pyridine rings is 2. The Hall–Kier alpha value is -3.04. The van der Waals surface area contributed by atoms with Crippen LogP contribution in [0.4, 0.5) is 0 Å². The van der Waals surface area contributed by atoms with Crippen LogP contribution in [-0.2, 0) is 5.41 Å². The van der Waals surface area contributed by atoms with Gasteiger partial charge in [-0.1, -0.05) is 45.0 Å². The fraction of sp³-hybridized carbons (Fsp3) is 0.154. The van der Waals surface area contributed by atoms with Crippen LogP contribution in [0.25, 0.3) is 43.2 Å². The molecule has 5 rings (SSSR count). The Kier molecular flexibility index (Phi) is 4.21. The van der Waals surface area contributed by atoms with Crippen LogP contribution >= 0.6 is 11.3 Å². The average molecular weight is 395 g/mol. The normalized spacial score (nSPS) is 12.0. The number of nitrogens with zero attached hydrogens (tertiary/aromatic N) is 2. The van der Waals surface area contributed by atoms with E-state index < -0.39 is 0 Å². The van der Waals surface area contributed by atoms with Gasteiger partial charge in [-0.25, -0.2) is 0 Å². The van der Waals surface area contributed by atoms with Gasteiger partial charge in [-0.2, -0.15) is 0 Å². The second kappa shape index (κ2) is 6.78. The second-order valence-electron chi connectivity index (χ2n) is 8.45. The Morgan fingerprint density at radius 3 is 2.55 bits per heavy atom. The number of rotatable bonds is 2. The molecule has 0 unspecified atom stereocenters. The van der Waals surface area contributed by atoms with Gasteiger partial charge in [0.15, 0.2) is 0 Å². The van der Waals surface area contributed by atoms with Crippen molar-refractivity contribution in [1.29, 1.82) is 0 Å². The molecule has 0 radical (unpaired) electrons. The summed E-state index contributed by atoms with van der Waals surface area (Å²) in [5, 5.41) is 6.04. The number of aromatic nitrogens is 2. The lowest BCUT2D eigenvalue weighted by molar-refractivity contribution is 0.596. The van der Waals surface area contributed by atoms with Crippen molar-refractivity contribution >= 4 is 32.2 Å². The van der Waals surface area contributed by atoms with E-state index in [1.807, 2.05) is 18.6 Å². The van der Waals surface area contributed by atoms with Gasteiger partial charge in [-0.3, -0.25) is 9.97 Å². The maximum absolute atomic E-state index is 4.72. The molecule has 0 aliphatic heterocycles. The lowest BCUT2D eigenvalue weighted by Gasteiger charge is -2.22. The van der Waals surface area contributed by atoms with Crippen molar-refractivity contribution in [1.82, 2.24) is 9.97 Å². The van der Waals surface area contributed by atoms with Crippen molar-refractivity contribution in [3.05, 3.63) is 84.1 Å². The highest BCUT2D eigenvalue weighted by Crippen LogP contribution is 2.37. The minimum Gasteiger partial charge on any atom is -0.263 e. The summed E-state index contributed by atoms with van der Waals surface area (Å²) in [6, 6.07) is 19.6. The first-order chi connectivity index (χ1) is 14.0. The first-order valence-corrected chi connectivity index (χ1v) is 10.7. The minimum absolute atomic E-state index is 0.0593. The molecule has 0 N–H and O–H groups in total. The molecule has 0 amide bonds. The van der Waals surface area contributed by atoms with Crippen LogP contribution in [0, 0.1) is 0 Å². The van der Waals surface area contributed by atoms with Crippen molar-refractivity contribution < 1.29 is 0 Å². The third kappa shape index (κ3) is 3.22. The Bertz CT molecular complexity index is 1340. The maximum atomic E-state index is 4.72. The third-order valence-electron chi connectivity index (χ3n) is 5.41. The molecule has 2 aromatic carbocycles. The van der Waals surface area contributed by atoms with Crippen LogP contribution in [-0.4, -0.2) is 9.97 Å². The number of thiophene rings is 1. The van der Waals surface area contributed by atoms with Crippen molar-refractivity contribution in [2.45, 2.75) is 26.2 Å². The quantitative estimate of drug-likeness (QED) is 0.310. The molecule has 29 heavy (non-hydrogen) atoms. The van der Waals surface area contributed by atoms with Crippen LogP contribution < -0.4 is 0 Å². The topological polar surface area (TPSA) is 25.8 Å². The lowest BCUT2D eigenvalue weighted by atomic mass is 9.82. The second-order valence-corrected chi connectivity index (χ2v) is 9.36. The lowest BCUT2D eigenvalue weighted by Crippen LogP contribution is -2.12. The van der Waals surface area contributed by atoms with Gasteiger partial charge in [0.25, 0.3) is 0 Å². The van der Waals surface area contributed by atoms with Gasteiger partial charge in [0.1, 0.15) is 0 Å². The third-order valence-corrected chi connectivity index (χ3v) is 6.35.